The number of amides is 1. The van der Waals surface area contributed by atoms with Crippen LogP contribution in [0, 0.1) is 12.3 Å². The molecule has 6 N–H and O–H groups in total. The molecule has 0 aliphatic rings. The van der Waals surface area contributed by atoms with Gasteiger partial charge >= 0.3 is 12.1 Å². The number of aromatic nitrogens is 2. The number of amidine groups is 1. The second-order valence-electron chi connectivity index (χ2n) is 9.42. The number of nitrogens with two attached hydrogens (primary N) is 1. The van der Waals surface area contributed by atoms with Crippen LogP contribution in [0.2, 0.25) is 0 Å². The maximum atomic E-state index is 13.3. The van der Waals surface area contributed by atoms with Crippen molar-refractivity contribution in [1.82, 2.24) is 14.9 Å². The molecule has 40 heavy (non-hydrogen) atoms. The van der Waals surface area contributed by atoms with Crippen LogP contribution in [-0.4, -0.2) is 64.6 Å². The van der Waals surface area contributed by atoms with Gasteiger partial charge in [0.25, 0.3) is 0 Å². The van der Waals surface area contributed by atoms with Gasteiger partial charge in [-0.25, -0.2) is 9.78 Å². The van der Waals surface area contributed by atoms with E-state index in [1.807, 2.05) is 67.4 Å². The SMILES string of the molecule is Cc1c(OC(=O)N(CCN(C)CCC(=O)O)c2ccccc2)ccc2[nH]c(CNc3ccc(C(=N)N)cc3)nc12. The third-order valence-electron chi connectivity index (χ3n) is 6.46. The highest BCUT2D eigenvalue weighted by molar-refractivity contribution is 5.95. The van der Waals surface area contributed by atoms with Crippen molar-refractivity contribution in [1.29, 1.82) is 5.41 Å². The van der Waals surface area contributed by atoms with Crippen molar-refractivity contribution in [2.45, 2.75) is 19.9 Å². The summed E-state index contributed by atoms with van der Waals surface area (Å²) < 4.78 is 5.85. The maximum Gasteiger partial charge on any atom is 0.419 e. The third kappa shape index (κ3) is 7.14. The number of carboxylic acid groups (broad SMARTS) is 1. The Hall–Kier alpha value is -4.90. The molecule has 4 rings (SSSR count). The molecule has 11 heteroatoms. The van der Waals surface area contributed by atoms with Crippen LogP contribution in [0.15, 0.2) is 66.7 Å². The van der Waals surface area contributed by atoms with Gasteiger partial charge in [0.15, 0.2) is 0 Å². The van der Waals surface area contributed by atoms with E-state index in [9.17, 15) is 9.59 Å². The number of nitrogens with one attached hydrogen (secondary N) is 3. The lowest BCUT2D eigenvalue weighted by Gasteiger charge is -2.25. The summed E-state index contributed by atoms with van der Waals surface area (Å²) in [6, 6.07) is 20.1. The fourth-order valence-corrected chi connectivity index (χ4v) is 4.14. The maximum absolute atomic E-state index is 13.3. The van der Waals surface area contributed by atoms with E-state index in [4.69, 9.17) is 26.0 Å². The number of aliphatic carboxylic acids is 1. The lowest BCUT2D eigenvalue weighted by molar-refractivity contribution is -0.137. The van der Waals surface area contributed by atoms with Crippen LogP contribution >= 0.6 is 0 Å². The molecule has 0 radical (unpaired) electrons. The number of carbonyl (C=O) groups is 2. The Labute approximate surface area is 232 Å². The Bertz CT molecular complexity index is 1490. The van der Waals surface area contributed by atoms with E-state index >= 15 is 0 Å². The predicted molar refractivity (Wildman–Crippen MR) is 155 cm³/mol. The number of fused-ring (bicyclic) bond motifs is 1. The van der Waals surface area contributed by atoms with Gasteiger partial charge in [0.05, 0.1) is 24.0 Å². The molecule has 0 unspecified atom stereocenters. The monoisotopic (exact) mass is 543 g/mol. The molecule has 0 spiro atoms. The molecule has 11 nitrogen and oxygen atoms in total. The number of hydrogen-bond acceptors (Lipinski definition) is 7. The Morgan fingerprint density at radius 2 is 1.77 bits per heavy atom. The first-order valence-corrected chi connectivity index (χ1v) is 12.8. The molecule has 3 aromatic carbocycles. The van der Waals surface area contributed by atoms with Crippen molar-refractivity contribution in [3.8, 4) is 5.75 Å². The van der Waals surface area contributed by atoms with Crippen LogP contribution in [0.1, 0.15) is 23.4 Å². The van der Waals surface area contributed by atoms with Gasteiger partial charge in [0.2, 0.25) is 0 Å². The fourth-order valence-electron chi connectivity index (χ4n) is 4.14. The zero-order chi connectivity index (χ0) is 28.6. The number of carboxylic acids is 1. The van der Waals surface area contributed by atoms with Gasteiger partial charge < -0.3 is 30.8 Å². The summed E-state index contributed by atoms with van der Waals surface area (Å²) in [5, 5.41) is 19.7. The van der Waals surface area contributed by atoms with E-state index in [0.29, 0.717) is 54.5 Å². The van der Waals surface area contributed by atoms with E-state index in [0.717, 1.165) is 16.8 Å². The summed E-state index contributed by atoms with van der Waals surface area (Å²) in [4.78, 5) is 35.6. The Balaban J connectivity index is 1.46. The van der Waals surface area contributed by atoms with Gasteiger partial charge in [-0.05, 0) is 62.5 Å². The summed E-state index contributed by atoms with van der Waals surface area (Å²) in [5.74, 6) is 0.277. The standard InChI is InChI=1S/C29H33N7O4/c1-19-24(40-29(39)36(22-6-4-3-5-7-22)17-16-35(2)15-14-26(37)38)13-12-23-27(19)34-25(33-23)18-32-21-10-8-20(9-11-21)28(30)31/h3-13,32H,14-18H2,1-2H3,(H3,30,31)(H,33,34)(H,37,38). The summed E-state index contributed by atoms with van der Waals surface area (Å²) >= 11 is 0. The number of carbonyl (C=O) groups excluding carboxylic acids is 1. The number of para-hydroxylation sites is 1. The molecule has 4 aromatic rings. The van der Waals surface area contributed by atoms with Crippen LogP contribution in [0.4, 0.5) is 16.2 Å². The molecule has 0 aliphatic heterocycles. The number of imidazole rings is 1. The summed E-state index contributed by atoms with van der Waals surface area (Å²) in [7, 11) is 1.82. The zero-order valence-electron chi connectivity index (χ0n) is 22.5. The number of anilines is 2. The van der Waals surface area contributed by atoms with Gasteiger partial charge in [-0.15, -0.1) is 0 Å². The van der Waals surface area contributed by atoms with E-state index < -0.39 is 12.1 Å². The molecule has 0 saturated carbocycles. The average Bonchev–Trinajstić information content (AvgIpc) is 3.37. The number of rotatable bonds is 12. The number of H-pyrrole nitrogens is 1. The lowest BCUT2D eigenvalue weighted by atomic mass is 10.2. The molecule has 208 valence electrons. The van der Waals surface area contributed by atoms with Crippen molar-refractivity contribution in [2.75, 3.05) is 36.9 Å². The fraction of sp³-hybridized carbons (Fsp3) is 0.241. The first kappa shape index (κ1) is 28.1. The van der Waals surface area contributed by atoms with Crippen molar-refractivity contribution >= 4 is 40.3 Å². The highest BCUT2D eigenvalue weighted by Crippen LogP contribution is 2.27. The first-order valence-electron chi connectivity index (χ1n) is 12.8. The predicted octanol–water partition coefficient (Wildman–Crippen LogP) is 4.18. The van der Waals surface area contributed by atoms with E-state index in [1.54, 1.807) is 18.2 Å². The van der Waals surface area contributed by atoms with E-state index in [2.05, 4.69) is 10.3 Å². The number of likely N-dealkylation sites (N-methyl/N-ethyl adjacent to an activating group) is 1. The minimum Gasteiger partial charge on any atom is -0.481 e. The van der Waals surface area contributed by atoms with Gasteiger partial charge in [-0.1, -0.05) is 18.2 Å². The van der Waals surface area contributed by atoms with Crippen LogP contribution < -0.4 is 20.7 Å². The van der Waals surface area contributed by atoms with E-state index in [-0.39, 0.29) is 12.3 Å². The van der Waals surface area contributed by atoms with Gasteiger partial charge in [0, 0.05) is 42.1 Å². The van der Waals surface area contributed by atoms with Gasteiger partial charge in [0.1, 0.15) is 17.4 Å². The van der Waals surface area contributed by atoms with Crippen LogP contribution in [-0.2, 0) is 11.3 Å². The second kappa shape index (κ2) is 12.8. The quantitative estimate of drug-likeness (QED) is 0.131. The molecule has 1 aromatic heterocycles. The number of benzene rings is 3. The van der Waals surface area contributed by atoms with Crippen molar-refractivity contribution in [3.05, 3.63) is 83.7 Å². The number of ether oxygens (including phenoxy) is 1. The molecular weight excluding hydrogens is 510 g/mol. The average molecular weight is 544 g/mol. The Morgan fingerprint density at radius 3 is 2.45 bits per heavy atom. The Morgan fingerprint density at radius 1 is 1.05 bits per heavy atom. The molecule has 1 heterocycles. The number of nitrogens with zero attached hydrogens (tertiary/aromatic N) is 3. The number of nitrogen functional groups attached to an aromatic ring is 1. The number of aryl methyl sites for hydroxylation is 1. The minimum absolute atomic E-state index is 0.0192. The van der Waals surface area contributed by atoms with Crippen LogP contribution in [0.5, 0.6) is 5.75 Å². The molecule has 0 bridgehead atoms. The second-order valence-corrected chi connectivity index (χ2v) is 9.42. The highest BCUT2D eigenvalue weighted by Gasteiger charge is 2.21. The van der Waals surface area contributed by atoms with Crippen LogP contribution in [0.3, 0.4) is 0 Å². The highest BCUT2D eigenvalue weighted by atomic mass is 16.6. The normalized spacial score (nSPS) is 11.0. The largest absolute Gasteiger partial charge is 0.481 e. The molecule has 0 saturated heterocycles. The first-order chi connectivity index (χ1) is 19.2. The molecule has 1 amide bonds. The lowest BCUT2D eigenvalue weighted by Crippen LogP contribution is -2.39. The summed E-state index contributed by atoms with van der Waals surface area (Å²) in [6.45, 7) is 3.48. The zero-order valence-corrected chi connectivity index (χ0v) is 22.5. The van der Waals surface area contributed by atoms with Crippen molar-refractivity contribution in [3.63, 3.8) is 0 Å². The summed E-state index contributed by atoms with van der Waals surface area (Å²) in [5.41, 5.74) is 9.97. The minimum atomic E-state index is -0.863. The van der Waals surface area contributed by atoms with Crippen molar-refractivity contribution in [2.24, 2.45) is 5.73 Å². The topological polar surface area (TPSA) is 161 Å². The van der Waals surface area contributed by atoms with Gasteiger partial charge in [-0.3, -0.25) is 15.1 Å². The summed E-state index contributed by atoms with van der Waals surface area (Å²) in [6.07, 6.45) is -0.509. The number of aromatic amines is 1. The van der Waals surface area contributed by atoms with E-state index in [1.165, 1.54) is 4.90 Å². The number of hydrogen-bond donors (Lipinski definition) is 5. The molecule has 0 atom stereocenters. The van der Waals surface area contributed by atoms with Crippen LogP contribution in [0.25, 0.3) is 11.0 Å². The van der Waals surface area contributed by atoms with Crippen molar-refractivity contribution < 1.29 is 19.4 Å². The smallest absolute Gasteiger partial charge is 0.419 e. The molecular formula is C29H33N7O4. The molecule has 0 aliphatic carbocycles. The van der Waals surface area contributed by atoms with Gasteiger partial charge in [-0.2, -0.15) is 0 Å². The third-order valence-corrected chi connectivity index (χ3v) is 6.46. The Kier molecular flexibility index (Phi) is 8.97. The molecule has 0 fully saturated rings.